The van der Waals surface area contributed by atoms with Gasteiger partial charge in [0.1, 0.15) is 6.10 Å². The molecule has 0 unspecified atom stereocenters. The Morgan fingerprint density at radius 1 is 1.16 bits per heavy atom. The van der Waals surface area contributed by atoms with Crippen LogP contribution in [0.15, 0.2) is 12.1 Å². The molecule has 102 valence electrons. The summed E-state index contributed by atoms with van der Waals surface area (Å²) < 4.78 is 6.11. The number of aromatic nitrogens is 1. The van der Waals surface area contributed by atoms with Crippen LogP contribution in [0.25, 0.3) is 0 Å². The predicted octanol–water partition coefficient (Wildman–Crippen LogP) is 2.48. The van der Waals surface area contributed by atoms with Gasteiger partial charge in [-0.1, -0.05) is 6.07 Å². The van der Waals surface area contributed by atoms with E-state index in [0.717, 1.165) is 12.3 Å². The molecule has 0 radical (unpaired) electrons. The number of aryl methyl sites for hydroxylation is 2. The molecule has 1 aliphatic heterocycles. The van der Waals surface area contributed by atoms with Gasteiger partial charge in [-0.15, -0.1) is 0 Å². The molecule has 2 heterocycles. The second-order valence-corrected chi connectivity index (χ2v) is 6.53. The van der Waals surface area contributed by atoms with Crippen molar-refractivity contribution < 1.29 is 4.74 Å². The Morgan fingerprint density at radius 3 is 2.74 bits per heavy atom. The van der Waals surface area contributed by atoms with Crippen molar-refractivity contribution in [3.05, 3.63) is 23.4 Å². The summed E-state index contributed by atoms with van der Waals surface area (Å²) in [4.78, 5) is 4.68. The Bertz CT molecular complexity index is 472. The lowest BCUT2D eigenvalue weighted by Crippen LogP contribution is -2.55. The van der Waals surface area contributed by atoms with E-state index in [9.17, 15) is 0 Å². The predicted molar refractivity (Wildman–Crippen MR) is 74.4 cm³/mol. The van der Waals surface area contributed by atoms with Gasteiger partial charge in [0.15, 0.2) is 0 Å². The fraction of sp³-hybridized carbons (Fsp3) is 0.688. The third-order valence-corrected chi connectivity index (χ3v) is 5.18. The third-order valence-electron chi connectivity index (χ3n) is 5.18. The highest BCUT2D eigenvalue weighted by Crippen LogP contribution is 2.40. The van der Waals surface area contributed by atoms with E-state index in [1.807, 2.05) is 0 Å². The molecule has 1 N–H and O–H groups in total. The highest BCUT2D eigenvalue weighted by Gasteiger charge is 2.40. The van der Waals surface area contributed by atoms with E-state index in [4.69, 9.17) is 4.74 Å². The monoisotopic (exact) mass is 258 g/mol. The lowest BCUT2D eigenvalue weighted by molar-refractivity contribution is 0.0401. The Balaban J connectivity index is 1.39. The fourth-order valence-electron chi connectivity index (χ4n) is 3.79. The zero-order valence-corrected chi connectivity index (χ0v) is 11.5. The minimum absolute atomic E-state index is 0.387. The van der Waals surface area contributed by atoms with E-state index in [0.29, 0.717) is 11.5 Å². The maximum Gasteiger partial charge on any atom is 0.213 e. The van der Waals surface area contributed by atoms with Gasteiger partial charge in [-0.05, 0) is 55.9 Å². The second kappa shape index (κ2) is 4.48. The Hall–Kier alpha value is -1.09. The first kappa shape index (κ1) is 11.7. The third kappa shape index (κ3) is 2.14. The number of rotatable bonds is 2. The summed E-state index contributed by atoms with van der Waals surface area (Å²) in [6.07, 6.45) is 8.99. The molecule has 0 aromatic carbocycles. The maximum absolute atomic E-state index is 6.11. The summed E-state index contributed by atoms with van der Waals surface area (Å²) >= 11 is 0. The highest BCUT2D eigenvalue weighted by atomic mass is 16.5. The summed E-state index contributed by atoms with van der Waals surface area (Å²) in [7, 11) is 0. The zero-order valence-electron chi connectivity index (χ0n) is 11.5. The molecule has 0 atom stereocenters. The molecule has 0 amide bonds. The number of ether oxygens (including phenoxy) is 1. The Kier molecular flexibility index (Phi) is 2.76. The van der Waals surface area contributed by atoms with Gasteiger partial charge in [0.05, 0.1) is 0 Å². The lowest BCUT2D eigenvalue weighted by Gasteiger charge is -2.47. The van der Waals surface area contributed by atoms with Gasteiger partial charge in [0, 0.05) is 24.8 Å². The van der Waals surface area contributed by atoms with E-state index in [1.54, 1.807) is 0 Å². The summed E-state index contributed by atoms with van der Waals surface area (Å²) in [5, 5.41) is 3.41. The van der Waals surface area contributed by atoms with E-state index >= 15 is 0 Å². The maximum atomic E-state index is 6.11. The van der Waals surface area contributed by atoms with Crippen molar-refractivity contribution in [3.8, 4) is 5.88 Å². The number of pyridine rings is 1. The summed E-state index contributed by atoms with van der Waals surface area (Å²) in [6, 6.07) is 4.28. The molecule has 2 aliphatic carbocycles. The van der Waals surface area contributed by atoms with Crippen molar-refractivity contribution in [2.24, 2.45) is 5.41 Å². The minimum atomic E-state index is 0.387. The number of nitrogens with zero attached hydrogens (tertiary/aromatic N) is 1. The molecule has 3 aliphatic rings. The van der Waals surface area contributed by atoms with E-state index < -0.39 is 0 Å². The molecule has 1 saturated carbocycles. The van der Waals surface area contributed by atoms with Crippen LogP contribution in [-0.4, -0.2) is 24.2 Å². The van der Waals surface area contributed by atoms with Crippen LogP contribution in [0.1, 0.15) is 43.4 Å². The molecule has 1 saturated heterocycles. The van der Waals surface area contributed by atoms with Crippen LogP contribution in [0.2, 0.25) is 0 Å². The molecule has 4 rings (SSSR count). The van der Waals surface area contributed by atoms with Crippen LogP contribution in [0.4, 0.5) is 0 Å². The topological polar surface area (TPSA) is 34.1 Å². The van der Waals surface area contributed by atoms with Gasteiger partial charge in [0.2, 0.25) is 5.88 Å². The van der Waals surface area contributed by atoms with Crippen LogP contribution < -0.4 is 10.1 Å². The van der Waals surface area contributed by atoms with Gasteiger partial charge in [-0.2, -0.15) is 0 Å². The van der Waals surface area contributed by atoms with Crippen LogP contribution in [0.3, 0.4) is 0 Å². The smallest absolute Gasteiger partial charge is 0.213 e. The van der Waals surface area contributed by atoms with Crippen molar-refractivity contribution in [2.75, 3.05) is 13.1 Å². The standard InChI is InChI=1S/C16H22N2O/c1-2-12-4-5-15(18-14(12)3-1)19-13-6-8-16(9-7-13)10-17-11-16/h4-5,13,17H,1-3,6-11H2. The quantitative estimate of drug-likeness (QED) is 0.885. The number of nitrogens with one attached hydrogen (secondary N) is 1. The molecule has 3 heteroatoms. The minimum Gasteiger partial charge on any atom is -0.474 e. The Labute approximate surface area is 114 Å². The van der Waals surface area contributed by atoms with Crippen molar-refractivity contribution >= 4 is 0 Å². The number of fused-ring (bicyclic) bond motifs is 1. The second-order valence-electron chi connectivity index (χ2n) is 6.53. The summed E-state index contributed by atoms with van der Waals surface area (Å²) in [6.45, 7) is 2.44. The highest BCUT2D eigenvalue weighted by molar-refractivity contribution is 5.29. The molecule has 1 aromatic rings. The van der Waals surface area contributed by atoms with Crippen molar-refractivity contribution in [1.29, 1.82) is 0 Å². The number of hydrogen-bond donors (Lipinski definition) is 1. The first-order chi connectivity index (χ1) is 9.33. The van der Waals surface area contributed by atoms with Gasteiger partial charge in [-0.3, -0.25) is 0 Å². The van der Waals surface area contributed by atoms with Crippen LogP contribution >= 0.6 is 0 Å². The fourth-order valence-corrected chi connectivity index (χ4v) is 3.79. The average Bonchev–Trinajstić information content (AvgIpc) is 2.85. The van der Waals surface area contributed by atoms with E-state index in [2.05, 4.69) is 22.4 Å². The zero-order chi connectivity index (χ0) is 12.7. The van der Waals surface area contributed by atoms with E-state index in [-0.39, 0.29) is 0 Å². The molecule has 1 spiro atoms. The van der Waals surface area contributed by atoms with Gasteiger partial charge < -0.3 is 10.1 Å². The first-order valence-electron chi connectivity index (χ1n) is 7.69. The van der Waals surface area contributed by atoms with Gasteiger partial charge >= 0.3 is 0 Å². The van der Waals surface area contributed by atoms with Crippen molar-refractivity contribution in [2.45, 2.75) is 51.0 Å². The molecule has 0 bridgehead atoms. The summed E-state index contributed by atoms with van der Waals surface area (Å²) in [5.74, 6) is 0.855. The van der Waals surface area contributed by atoms with Crippen LogP contribution in [0, 0.1) is 5.41 Å². The average molecular weight is 258 g/mol. The molecule has 19 heavy (non-hydrogen) atoms. The number of hydrogen-bond acceptors (Lipinski definition) is 3. The summed E-state index contributed by atoms with van der Waals surface area (Å²) in [5.41, 5.74) is 3.31. The normalized spacial score (nSPS) is 25.1. The first-order valence-corrected chi connectivity index (χ1v) is 7.69. The molecular weight excluding hydrogens is 236 g/mol. The molecule has 2 fully saturated rings. The molecular formula is C16H22N2O. The van der Waals surface area contributed by atoms with Gasteiger partial charge in [0.25, 0.3) is 0 Å². The molecule has 1 aromatic heterocycles. The largest absolute Gasteiger partial charge is 0.474 e. The van der Waals surface area contributed by atoms with E-state index in [1.165, 1.54) is 62.9 Å². The van der Waals surface area contributed by atoms with Crippen molar-refractivity contribution in [1.82, 2.24) is 10.3 Å². The SMILES string of the molecule is c1cc2c(nc1OC1CCC3(CC1)CNC3)CCC2. The van der Waals surface area contributed by atoms with Crippen LogP contribution in [0.5, 0.6) is 5.88 Å². The van der Waals surface area contributed by atoms with Gasteiger partial charge in [-0.25, -0.2) is 4.98 Å². The van der Waals surface area contributed by atoms with Crippen LogP contribution in [-0.2, 0) is 12.8 Å². The Morgan fingerprint density at radius 2 is 2.00 bits per heavy atom. The molecule has 3 nitrogen and oxygen atoms in total. The van der Waals surface area contributed by atoms with Crippen molar-refractivity contribution in [3.63, 3.8) is 0 Å². The lowest BCUT2D eigenvalue weighted by atomic mass is 9.69.